The summed E-state index contributed by atoms with van der Waals surface area (Å²) in [6.45, 7) is 7.97. The van der Waals surface area contributed by atoms with Crippen molar-refractivity contribution in [1.82, 2.24) is 14.9 Å². The second kappa shape index (κ2) is 10.9. The molecule has 0 bridgehead atoms. The zero-order chi connectivity index (χ0) is 28.5. The molecule has 1 aliphatic rings. The van der Waals surface area contributed by atoms with Crippen molar-refractivity contribution in [2.45, 2.75) is 58.2 Å². The zero-order valence-electron chi connectivity index (χ0n) is 23.5. The molecule has 208 valence electrons. The molecule has 6 nitrogen and oxygen atoms in total. The van der Waals surface area contributed by atoms with Crippen molar-refractivity contribution in [3.05, 3.63) is 89.7 Å². The number of H-pyrrole nitrogens is 1. The van der Waals surface area contributed by atoms with Gasteiger partial charge in [0, 0.05) is 29.4 Å². The van der Waals surface area contributed by atoms with Crippen LogP contribution in [0.5, 0.6) is 0 Å². The van der Waals surface area contributed by atoms with Gasteiger partial charge in [-0.3, -0.25) is 4.79 Å². The SMILES string of the molecule is CC.CC(C)(F)c1ccc(-c2ncc(C3(O)CCN(C(=O)Cc4ccc5oc6ccccc6c5c4)CC3)[nH]2)cc1. The van der Waals surface area contributed by atoms with E-state index in [1.165, 1.54) is 13.8 Å². The summed E-state index contributed by atoms with van der Waals surface area (Å²) < 4.78 is 20.1. The smallest absolute Gasteiger partial charge is 0.226 e. The van der Waals surface area contributed by atoms with Crippen molar-refractivity contribution < 1.29 is 18.7 Å². The van der Waals surface area contributed by atoms with Gasteiger partial charge in [0.25, 0.3) is 0 Å². The Kier molecular flexibility index (Phi) is 7.51. The minimum Gasteiger partial charge on any atom is -0.456 e. The first-order valence-electron chi connectivity index (χ1n) is 14.0. The summed E-state index contributed by atoms with van der Waals surface area (Å²) in [5.74, 6) is 0.665. The molecular formula is C33H36FN3O3. The molecule has 3 aromatic carbocycles. The molecule has 6 rings (SSSR count). The van der Waals surface area contributed by atoms with Crippen LogP contribution in [0.15, 0.2) is 77.3 Å². The van der Waals surface area contributed by atoms with E-state index in [0.29, 0.717) is 49.4 Å². The number of carbonyl (C=O) groups excluding carboxylic acids is 1. The molecule has 0 spiro atoms. The number of hydrogen-bond acceptors (Lipinski definition) is 4. The Morgan fingerprint density at radius 2 is 1.70 bits per heavy atom. The van der Waals surface area contributed by atoms with Crippen LogP contribution in [0, 0.1) is 0 Å². The van der Waals surface area contributed by atoms with Gasteiger partial charge in [-0.05, 0) is 56.0 Å². The zero-order valence-corrected chi connectivity index (χ0v) is 23.5. The van der Waals surface area contributed by atoms with Crippen molar-refractivity contribution in [3.8, 4) is 11.4 Å². The minimum absolute atomic E-state index is 0.0420. The first-order chi connectivity index (χ1) is 19.2. The van der Waals surface area contributed by atoms with Crippen LogP contribution in [0.25, 0.3) is 33.3 Å². The number of halogens is 1. The van der Waals surface area contributed by atoms with Gasteiger partial charge in [-0.1, -0.05) is 62.4 Å². The monoisotopic (exact) mass is 541 g/mol. The number of amides is 1. The maximum absolute atomic E-state index is 14.2. The highest BCUT2D eigenvalue weighted by Crippen LogP contribution is 2.34. The lowest BCUT2D eigenvalue weighted by Crippen LogP contribution is -2.45. The van der Waals surface area contributed by atoms with E-state index in [1.807, 2.05) is 73.3 Å². The second-order valence-electron chi connectivity index (χ2n) is 10.7. The maximum atomic E-state index is 14.2. The molecule has 0 unspecified atom stereocenters. The van der Waals surface area contributed by atoms with Gasteiger partial charge in [-0.2, -0.15) is 0 Å². The van der Waals surface area contributed by atoms with E-state index < -0.39 is 11.3 Å². The van der Waals surface area contributed by atoms with Gasteiger partial charge in [0.05, 0.1) is 18.3 Å². The number of furan rings is 1. The minimum atomic E-state index is -1.41. The number of rotatable bonds is 5. The number of nitrogens with one attached hydrogen (secondary N) is 1. The molecule has 2 N–H and O–H groups in total. The lowest BCUT2D eigenvalue weighted by Gasteiger charge is -2.37. The molecule has 0 saturated carbocycles. The van der Waals surface area contributed by atoms with Gasteiger partial charge in [-0.25, -0.2) is 9.37 Å². The summed E-state index contributed by atoms with van der Waals surface area (Å²) >= 11 is 0. The number of fused-ring (bicyclic) bond motifs is 3. The molecule has 5 aromatic rings. The van der Waals surface area contributed by atoms with E-state index >= 15 is 0 Å². The van der Waals surface area contributed by atoms with Crippen LogP contribution in [-0.4, -0.2) is 39.0 Å². The van der Waals surface area contributed by atoms with E-state index in [0.717, 1.165) is 33.1 Å². The van der Waals surface area contributed by atoms with E-state index in [2.05, 4.69) is 9.97 Å². The molecule has 7 heteroatoms. The fourth-order valence-electron chi connectivity index (χ4n) is 5.29. The van der Waals surface area contributed by atoms with E-state index in [-0.39, 0.29) is 5.91 Å². The van der Waals surface area contributed by atoms with Crippen LogP contribution < -0.4 is 0 Å². The summed E-state index contributed by atoms with van der Waals surface area (Å²) in [7, 11) is 0. The van der Waals surface area contributed by atoms with Crippen LogP contribution in [0.2, 0.25) is 0 Å². The highest BCUT2D eigenvalue weighted by molar-refractivity contribution is 6.05. The van der Waals surface area contributed by atoms with Crippen LogP contribution in [0.4, 0.5) is 4.39 Å². The summed E-state index contributed by atoms with van der Waals surface area (Å²) in [5.41, 5.74) is 2.15. The molecule has 0 aliphatic carbocycles. The third-order valence-electron chi connectivity index (χ3n) is 7.66. The van der Waals surface area contributed by atoms with Gasteiger partial charge in [-0.15, -0.1) is 0 Å². The van der Waals surface area contributed by atoms with E-state index in [9.17, 15) is 14.3 Å². The molecule has 0 radical (unpaired) electrons. The molecule has 1 fully saturated rings. The summed E-state index contributed by atoms with van der Waals surface area (Å²) in [6, 6.07) is 21.0. The molecule has 3 heterocycles. The van der Waals surface area contributed by atoms with Crippen LogP contribution >= 0.6 is 0 Å². The van der Waals surface area contributed by atoms with Crippen LogP contribution in [0.1, 0.15) is 57.4 Å². The Bertz CT molecular complexity index is 1620. The Labute approximate surface area is 233 Å². The molecule has 0 atom stereocenters. The van der Waals surface area contributed by atoms with Gasteiger partial charge in [0.15, 0.2) is 0 Å². The number of aromatic nitrogens is 2. The average molecular weight is 542 g/mol. The van der Waals surface area contributed by atoms with E-state index in [1.54, 1.807) is 18.3 Å². The van der Waals surface area contributed by atoms with Gasteiger partial charge in [0.2, 0.25) is 5.91 Å². The number of para-hydroxylation sites is 1. The van der Waals surface area contributed by atoms with Gasteiger partial charge < -0.3 is 19.4 Å². The highest BCUT2D eigenvalue weighted by atomic mass is 19.1. The number of carbonyl (C=O) groups is 1. The Morgan fingerprint density at radius 3 is 2.40 bits per heavy atom. The molecule has 40 heavy (non-hydrogen) atoms. The van der Waals surface area contributed by atoms with Crippen molar-refractivity contribution in [3.63, 3.8) is 0 Å². The van der Waals surface area contributed by atoms with Crippen molar-refractivity contribution in [2.75, 3.05) is 13.1 Å². The lowest BCUT2D eigenvalue weighted by molar-refractivity contribution is -0.135. The summed E-state index contributed by atoms with van der Waals surface area (Å²) in [4.78, 5) is 22.6. The number of benzene rings is 3. The number of aliphatic hydroxyl groups is 1. The van der Waals surface area contributed by atoms with Crippen molar-refractivity contribution in [2.24, 2.45) is 0 Å². The predicted octanol–water partition coefficient (Wildman–Crippen LogP) is 7.26. The third kappa shape index (κ3) is 5.39. The molecule has 1 saturated heterocycles. The number of likely N-dealkylation sites (tertiary alicyclic amines) is 1. The number of nitrogens with zero attached hydrogens (tertiary/aromatic N) is 2. The van der Waals surface area contributed by atoms with Crippen LogP contribution in [0.3, 0.4) is 0 Å². The topological polar surface area (TPSA) is 82.4 Å². The standard InChI is InChI=1S/C31H30FN3O3.C2H6/c1-30(2,32)22-10-8-21(9-11-22)29-33-19-27(34-29)31(37)13-15-35(16-14-31)28(36)18-20-7-12-26-24(17-20)23-5-3-4-6-25(23)38-26;1-2/h3-12,17,19,37H,13-16,18H2,1-2H3,(H,33,34);1-2H3. The van der Waals surface area contributed by atoms with Crippen molar-refractivity contribution in [1.29, 1.82) is 0 Å². The molecule has 1 aliphatic heterocycles. The van der Waals surface area contributed by atoms with Crippen LogP contribution in [-0.2, 0) is 22.5 Å². The first-order valence-corrected chi connectivity index (χ1v) is 14.0. The van der Waals surface area contributed by atoms with Gasteiger partial charge in [0.1, 0.15) is 28.3 Å². The quantitative estimate of drug-likeness (QED) is 0.245. The number of alkyl halides is 1. The lowest BCUT2D eigenvalue weighted by atomic mass is 9.88. The van der Waals surface area contributed by atoms with E-state index in [4.69, 9.17) is 4.42 Å². The number of imidazole rings is 1. The summed E-state index contributed by atoms with van der Waals surface area (Å²) in [6.07, 6.45) is 2.79. The predicted molar refractivity (Wildman–Crippen MR) is 157 cm³/mol. The largest absolute Gasteiger partial charge is 0.456 e. The molecule has 2 aromatic heterocycles. The molecule has 1 amide bonds. The Hall–Kier alpha value is -3.97. The average Bonchev–Trinajstić information content (AvgIpc) is 3.60. The third-order valence-corrected chi connectivity index (χ3v) is 7.66. The Morgan fingerprint density at radius 1 is 1.02 bits per heavy atom. The fourth-order valence-corrected chi connectivity index (χ4v) is 5.29. The normalized spacial score (nSPS) is 15.2. The first kappa shape index (κ1) is 27.6. The number of aromatic amines is 1. The number of piperidine rings is 1. The Balaban J connectivity index is 0.00000158. The molecular weight excluding hydrogens is 505 g/mol. The summed E-state index contributed by atoms with van der Waals surface area (Å²) in [5, 5.41) is 13.4. The maximum Gasteiger partial charge on any atom is 0.226 e. The second-order valence-corrected chi connectivity index (χ2v) is 10.7. The highest BCUT2D eigenvalue weighted by Gasteiger charge is 2.37. The van der Waals surface area contributed by atoms with Crippen molar-refractivity contribution >= 4 is 27.8 Å². The van der Waals surface area contributed by atoms with Gasteiger partial charge >= 0.3 is 0 Å². The fraction of sp³-hybridized carbons (Fsp3) is 0.333. The number of hydrogen-bond donors (Lipinski definition) is 2.